The number of benzene rings is 2. The maximum Gasteiger partial charge on any atom is 0.286 e. The molecule has 2 aromatic carbocycles. The predicted octanol–water partition coefficient (Wildman–Crippen LogP) is 4.79. The molecular weight excluding hydrogens is 459 g/mol. The Labute approximate surface area is 198 Å². The number of nitro groups is 1. The number of carbonyl (C=O) groups excluding carboxylic acids is 1. The Kier molecular flexibility index (Phi) is 5.89. The number of hydrogen-bond donors (Lipinski definition) is 0. The number of aliphatic imine (C=N–C) groups is 1. The number of halogens is 1. The Morgan fingerprint density at radius 1 is 1.03 bits per heavy atom. The van der Waals surface area contributed by atoms with Crippen molar-refractivity contribution in [1.82, 2.24) is 4.90 Å². The maximum absolute atomic E-state index is 14.1. The van der Waals surface area contributed by atoms with Crippen LogP contribution < -0.4 is 4.90 Å². The van der Waals surface area contributed by atoms with E-state index in [1.54, 1.807) is 42.5 Å². The lowest BCUT2D eigenvalue weighted by molar-refractivity contribution is -0.384. The van der Waals surface area contributed by atoms with E-state index in [0.717, 1.165) is 0 Å². The number of amides is 1. The molecule has 5 rings (SSSR count). The van der Waals surface area contributed by atoms with Gasteiger partial charge in [-0.05, 0) is 36.0 Å². The van der Waals surface area contributed by atoms with Gasteiger partial charge in [0.05, 0.1) is 15.5 Å². The van der Waals surface area contributed by atoms with Gasteiger partial charge >= 0.3 is 0 Å². The number of carbonyl (C=O) groups is 1. The van der Waals surface area contributed by atoms with Gasteiger partial charge < -0.3 is 14.2 Å². The number of rotatable bonds is 4. The SMILES string of the molecule is O=C1N=C(N2CCN(c3ccccc3F)CC2)SC1=Cc1ccc(-c2cccc([N+](=O)[O-])c2)o1. The van der Waals surface area contributed by atoms with E-state index in [2.05, 4.69) is 4.99 Å². The molecule has 2 aliphatic rings. The zero-order valence-electron chi connectivity index (χ0n) is 17.9. The zero-order valence-corrected chi connectivity index (χ0v) is 18.7. The molecule has 0 N–H and O–H groups in total. The van der Waals surface area contributed by atoms with Gasteiger partial charge in [-0.15, -0.1) is 0 Å². The number of amidine groups is 1. The number of nitrogens with zero attached hydrogens (tertiary/aromatic N) is 4. The van der Waals surface area contributed by atoms with Crippen molar-refractivity contribution in [3.63, 3.8) is 0 Å². The lowest BCUT2D eigenvalue weighted by Gasteiger charge is -2.36. The molecule has 0 unspecified atom stereocenters. The number of para-hydroxylation sites is 1. The molecule has 3 heterocycles. The van der Waals surface area contributed by atoms with Gasteiger partial charge in [0.2, 0.25) is 0 Å². The second kappa shape index (κ2) is 9.14. The molecule has 1 amide bonds. The second-order valence-corrected chi connectivity index (χ2v) is 8.75. The van der Waals surface area contributed by atoms with Crippen LogP contribution in [0.1, 0.15) is 5.76 Å². The van der Waals surface area contributed by atoms with Gasteiger partial charge in [0.15, 0.2) is 5.17 Å². The summed E-state index contributed by atoms with van der Waals surface area (Å²) in [5.41, 5.74) is 1.13. The van der Waals surface area contributed by atoms with Crippen molar-refractivity contribution in [1.29, 1.82) is 0 Å². The summed E-state index contributed by atoms with van der Waals surface area (Å²) >= 11 is 1.28. The predicted molar refractivity (Wildman–Crippen MR) is 129 cm³/mol. The summed E-state index contributed by atoms with van der Waals surface area (Å²) in [5, 5.41) is 11.6. The molecule has 0 spiro atoms. The van der Waals surface area contributed by atoms with Crippen molar-refractivity contribution in [3.05, 3.63) is 87.3 Å². The molecule has 10 heteroatoms. The first-order valence-electron chi connectivity index (χ1n) is 10.6. The Balaban J connectivity index is 1.25. The number of anilines is 1. The number of thioether (sulfide) groups is 1. The first-order chi connectivity index (χ1) is 16.5. The van der Waals surface area contributed by atoms with Crippen LogP contribution in [-0.4, -0.2) is 47.1 Å². The highest BCUT2D eigenvalue weighted by Crippen LogP contribution is 2.33. The smallest absolute Gasteiger partial charge is 0.286 e. The number of furan rings is 1. The lowest BCUT2D eigenvalue weighted by Crippen LogP contribution is -2.48. The summed E-state index contributed by atoms with van der Waals surface area (Å²) in [6.07, 6.45) is 1.62. The molecule has 0 aliphatic carbocycles. The lowest BCUT2D eigenvalue weighted by atomic mass is 10.1. The average molecular weight is 479 g/mol. The zero-order chi connectivity index (χ0) is 23.7. The maximum atomic E-state index is 14.1. The van der Waals surface area contributed by atoms with E-state index in [9.17, 15) is 19.3 Å². The van der Waals surface area contributed by atoms with Crippen molar-refractivity contribution in [2.45, 2.75) is 0 Å². The Morgan fingerprint density at radius 3 is 2.56 bits per heavy atom. The molecule has 8 nitrogen and oxygen atoms in total. The summed E-state index contributed by atoms with van der Waals surface area (Å²) in [5.74, 6) is 0.339. The summed E-state index contributed by atoms with van der Waals surface area (Å²) in [6.45, 7) is 2.49. The van der Waals surface area contributed by atoms with E-state index >= 15 is 0 Å². The number of hydrogen-bond acceptors (Lipinski definition) is 7. The average Bonchev–Trinajstić information content (AvgIpc) is 3.47. The minimum atomic E-state index is -0.460. The highest BCUT2D eigenvalue weighted by Gasteiger charge is 2.29. The third-order valence-electron chi connectivity index (χ3n) is 5.59. The van der Waals surface area contributed by atoms with Crippen LogP contribution in [0.4, 0.5) is 15.8 Å². The van der Waals surface area contributed by atoms with Gasteiger partial charge in [0.1, 0.15) is 17.3 Å². The summed E-state index contributed by atoms with van der Waals surface area (Å²) in [7, 11) is 0. The highest BCUT2D eigenvalue weighted by atomic mass is 32.2. The molecule has 0 saturated carbocycles. The van der Waals surface area contributed by atoms with Gasteiger partial charge in [-0.25, -0.2) is 4.39 Å². The molecular formula is C24H19FN4O4S. The fourth-order valence-electron chi connectivity index (χ4n) is 3.87. The monoisotopic (exact) mass is 478 g/mol. The summed E-state index contributed by atoms with van der Waals surface area (Å²) < 4.78 is 19.9. The van der Waals surface area contributed by atoms with E-state index in [1.165, 1.54) is 30.0 Å². The van der Waals surface area contributed by atoms with Gasteiger partial charge in [-0.2, -0.15) is 4.99 Å². The van der Waals surface area contributed by atoms with Gasteiger partial charge in [-0.3, -0.25) is 14.9 Å². The van der Waals surface area contributed by atoms with Crippen molar-refractivity contribution in [2.75, 3.05) is 31.1 Å². The van der Waals surface area contributed by atoms with Crippen molar-refractivity contribution >= 4 is 40.3 Å². The van der Waals surface area contributed by atoms with Crippen LogP contribution >= 0.6 is 11.8 Å². The molecule has 3 aromatic rings. The molecule has 2 aliphatic heterocycles. The summed E-state index contributed by atoms with van der Waals surface area (Å²) in [4.78, 5) is 31.7. The topological polar surface area (TPSA) is 92.2 Å². The molecule has 0 bridgehead atoms. The first kappa shape index (κ1) is 21.9. The van der Waals surface area contributed by atoms with Crippen molar-refractivity contribution < 1.29 is 18.5 Å². The third kappa shape index (κ3) is 4.44. The number of non-ortho nitro benzene ring substituents is 1. The van der Waals surface area contributed by atoms with Crippen LogP contribution in [0.15, 0.2) is 75.0 Å². The fourth-order valence-corrected chi connectivity index (χ4v) is 4.81. The van der Waals surface area contributed by atoms with Crippen molar-refractivity contribution in [3.8, 4) is 11.3 Å². The number of nitro benzene ring substituents is 1. The number of piperazine rings is 1. The van der Waals surface area contributed by atoms with Crippen LogP contribution in [0.25, 0.3) is 17.4 Å². The van der Waals surface area contributed by atoms with Crippen molar-refractivity contribution in [2.24, 2.45) is 4.99 Å². The van der Waals surface area contributed by atoms with E-state index < -0.39 is 4.92 Å². The molecule has 172 valence electrons. The third-order valence-corrected chi connectivity index (χ3v) is 6.64. The standard InChI is InChI=1S/C24H19FN4O4S/c25-19-6-1-2-7-20(19)27-10-12-28(13-11-27)24-26-23(30)22(34-24)15-18-8-9-21(33-18)16-4-3-5-17(14-16)29(31)32/h1-9,14-15H,10-13H2. The van der Waals surface area contributed by atoms with Crippen LogP contribution in [-0.2, 0) is 4.79 Å². The molecule has 1 aromatic heterocycles. The minimum absolute atomic E-state index is 0.0246. The van der Waals surface area contributed by atoms with Gasteiger partial charge in [0, 0.05) is 50.0 Å². The Morgan fingerprint density at radius 2 is 1.79 bits per heavy atom. The molecule has 0 atom stereocenters. The van der Waals surface area contributed by atoms with Crippen LogP contribution in [0, 0.1) is 15.9 Å². The normalized spacial score (nSPS) is 17.4. The summed E-state index contributed by atoms with van der Waals surface area (Å²) in [6, 6.07) is 16.3. The highest BCUT2D eigenvalue weighted by molar-refractivity contribution is 8.18. The molecule has 1 fully saturated rings. The minimum Gasteiger partial charge on any atom is -0.457 e. The molecule has 1 saturated heterocycles. The largest absolute Gasteiger partial charge is 0.457 e. The molecule has 34 heavy (non-hydrogen) atoms. The fraction of sp³-hybridized carbons (Fsp3) is 0.167. The molecule has 0 radical (unpaired) electrons. The first-order valence-corrected chi connectivity index (χ1v) is 11.4. The van der Waals surface area contributed by atoms with E-state index in [4.69, 9.17) is 4.42 Å². The quantitative estimate of drug-likeness (QED) is 0.303. The second-order valence-electron chi connectivity index (χ2n) is 7.75. The van der Waals surface area contributed by atoms with Gasteiger partial charge in [0.25, 0.3) is 11.6 Å². The Bertz CT molecular complexity index is 1330. The van der Waals surface area contributed by atoms with Gasteiger partial charge in [-0.1, -0.05) is 24.3 Å². The van der Waals surface area contributed by atoms with E-state index in [0.29, 0.717) is 59.0 Å². The Hall–Kier alpha value is -3.92. The van der Waals surface area contributed by atoms with Crippen LogP contribution in [0.3, 0.4) is 0 Å². The van der Waals surface area contributed by atoms with Crippen LogP contribution in [0.2, 0.25) is 0 Å². The van der Waals surface area contributed by atoms with Crippen LogP contribution in [0.5, 0.6) is 0 Å². The van der Waals surface area contributed by atoms with E-state index in [1.807, 2.05) is 15.9 Å². The van der Waals surface area contributed by atoms with E-state index in [-0.39, 0.29) is 17.4 Å².